The van der Waals surface area contributed by atoms with Crippen LogP contribution in [0.3, 0.4) is 0 Å². The van der Waals surface area contributed by atoms with Gasteiger partial charge in [-0.2, -0.15) is 13.7 Å². The predicted molar refractivity (Wildman–Crippen MR) is 106 cm³/mol. The molecular weight excluding hydrogens is 464 g/mol. The molecule has 0 aliphatic carbocycles. The number of rotatable bonds is 4. The van der Waals surface area contributed by atoms with Crippen molar-refractivity contribution >= 4 is 10.1 Å². The third-order valence-corrected chi connectivity index (χ3v) is 6.14. The summed E-state index contributed by atoms with van der Waals surface area (Å²) in [6.07, 6.45) is 0. The zero-order valence-corrected chi connectivity index (χ0v) is 17.2. The number of hydrogen-bond donors (Lipinski definition) is 1. The van der Waals surface area contributed by atoms with Crippen molar-refractivity contribution < 1.29 is 34.9 Å². The number of halogens is 4. The number of benzene rings is 3. The van der Waals surface area contributed by atoms with E-state index in [0.29, 0.717) is 0 Å². The fraction of sp³-hybridized carbons (Fsp3) is 0.0455. The highest BCUT2D eigenvalue weighted by molar-refractivity contribution is 7.87. The fourth-order valence-corrected chi connectivity index (χ4v) is 4.47. The van der Waals surface area contributed by atoms with Crippen LogP contribution in [0.4, 0.5) is 17.6 Å². The Labute approximate surface area is 185 Å². The average molecular weight is 476 g/mol. The SMILES string of the molecule is N#CC1=C(N)Oc2cc(OS(=O)(=O)c3c(F)cccc3F)ccc2C1c1ccc(F)c(F)c1. The van der Waals surface area contributed by atoms with Crippen LogP contribution in [0.2, 0.25) is 0 Å². The van der Waals surface area contributed by atoms with E-state index in [-0.39, 0.29) is 34.1 Å². The molecule has 0 saturated heterocycles. The van der Waals surface area contributed by atoms with Gasteiger partial charge in [0.05, 0.1) is 5.92 Å². The molecule has 0 bridgehead atoms. The van der Waals surface area contributed by atoms with E-state index in [4.69, 9.17) is 14.7 Å². The molecule has 168 valence electrons. The van der Waals surface area contributed by atoms with Gasteiger partial charge in [-0.05, 0) is 35.9 Å². The molecule has 0 saturated carbocycles. The number of nitriles is 1. The quantitative estimate of drug-likeness (QED) is 0.447. The molecule has 1 aliphatic heterocycles. The van der Waals surface area contributed by atoms with Crippen LogP contribution >= 0.6 is 0 Å². The Balaban J connectivity index is 1.77. The highest BCUT2D eigenvalue weighted by atomic mass is 32.2. The van der Waals surface area contributed by atoms with Crippen LogP contribution in [0.25, 0.3) is 0 Å². The molecule has 1 aliphatic rings. The van der Waals surface area contributed by atoms with Gasteiger partial charge in [0.1, 0.15) is 34.8 Å². The predicted octanol–water partition coefficient (Wildman–Crippen LogP) is 4.23. The van der Waals surface area contributed by atoms with Gasteiger partial charge in [0.15, 0.2) is 16.5 Å². The molecule has 1 unspecified atom stereocenters. The molecule has 6 nitrogen and oxygen atoms in total. The monoisotopic (exact) mass is 476 g/mol. The summed E-state index contributed by atoms with van der Waals surface area (Å²) in [5.74, 6) is -6.63. The largest absolute Gasteiger partial charge is 0.440 e. The van der Waals surface area contributed by atoms with Gasteiger partial charge in [-0.25, -0.2) is 17.6 Å². The molecule has 11 heteroatoms. The standard InChI is InChI=1S/C22H12F4N2O4S/c23-15-7-4-11(8-18(15)26)20-13-6-5-12(9-19(13)31-22(28)14(20)10-27)32-33(29,30)21-16(24)2-1-3-17(21)25/h1-9,20H,28H2. The van der Waals surface area contributed by atoms with Crippen LogP contribution in [0.5, 0.6) is 11.5 Å². The Morgan fingerprint density at radius 1 is 0.939 bits per heavy atom. The summed E-state index contributed by atoms with van der Waals surface area (Å²) < 4.78 is 90.2. The molecule has 2 N–H and O–H groups in total. The van der Waals surface area contributed by atoms with Gasteiger partial charge in [-0.15, -0.1) is 0 Å². The first kappa shape index (κ1) is 22.2. The van der Waals surface area contributed by atoms with E-state index < -0.39 is 44.2 Å². The first-order valence-corrected chi connectivity index (χ1v) is 10.6. The number of allylic oxidation sites excluding steroid dienone is 1. The molecule has 4 rings (SSSR count). The summed E-state index contributed by atoms with van der Waals surface area (Å²) in [4.78, 5) is -1.27. The van der Waals surface area contributed by atoms with Crippen LogP contribution in [-0.2, 0) is 10.1 Å². The van der Waals surface area contributed by atoms with Crippen molar-refractivity contribution in [2.45, 2.75) is 10.8 Å². The molecule has 0 spiro atoms. The molecule has 0 amide bonds. The maximum absolute atomic E-state index is 13.9. The molecule has 33 heavy (non-hydrogen) atoms. The first-order chi connectivity index (χ1) is 15.6. The third kappa shape index (κ3) is 3.96. The van der Waals surface area contributed by atoms with Crippen molar-refractivity contribution in [2.75, 3.05) is 0 Å². The number of fused-ring (bicyclic) bond motifs is 1. The van der Waals surface area contributed by atoms with Crippen molar-refractivity contribution in [1.82, 2.24) is 0 Å². The number of hydrogen-bond acceptors (Lipinski definition) is 6. The average Bonchev–Trinajstić information content (AvgIpc) is 2.74. The molecule has 1 atom stereocenters. The number of nitrogens with zero attached hydrogens (tertiary/aromatic N) is 1. The maximum atomic E-state index is 13.9. The Morgan fingerprint density at radius 3 is 2.27 bits per heavy atom. The van der Waals surface area contributed by atoms with Gasteiger partial charge in [0, 0.05) is 11.6 Å². The molecular formula is C22H12F4N2O4S. The minimum Gasteiger partial charge on any atom is -0.440 e. The lowest BCUT2D eigenvalue weighted by molar-refractivity contribution is 0.390. The van der Waals surface area contributed by atoms with E-state index >= 15 is 0 Å². The Kier molecular flexibility index (Phi) is 5.47. The first-order valence-electron chi connectivity index (χ1n) is 9.17. The fourth-order valence-electron chi connectivity index (χ4n) is 3.41. The maximum Gasteiger partial charge on any atom is 0.345 e. The summed E-state index contributed by atoms with van der Waals surface area (Å²) in [6.45, 7) is 0. The molecule has 0 radical (unpaired) electrons. The van der Waals surface area contributed by atoms with E-state index in [1.54, 1.807) is 0 Å². The Bertz CT molecular complexity index is 1450. The van der Waals surface area contributed by atoms with E-state index in [1.165, 1.54) is 12.1 Å². The van der Waals surface area contributed by atoms with Gasteiger partial charge in [-0.3, -0.25) is 0 Å². The van der Waals surface area contributed by atoms with E-state index in [9.17, 15) is 31.2 Å². The van der Waals surface area contributed by atoms with Gasteiger partial charge in [-0.1, -0.05) is 18.2 Å². The molecule has 0 aromatic heterocycles. The Hall–Kier alpha value is -4.04. The zero-order chi connectivity index (χ0) is 23.9. The van der Waals surface area contributed by atoms with Crippen LogP contribution in [0.1, 0.15) is 17.0 Å². The van der Waals surface area contributed by atoms with Crippen LogP contribution in [-0.4, -0.2) is 8.42 Å². The zero-order valence-electron chi connectivity index (χ0n) is 16.4. The van der Waals surface area contributed by atoms with Gasteiger partial charge in [0.2, 0.25) is 5.88 Å². The van der Waals surface area contributed by atoms with Gasteiger partial charge >= 0.3 is 10.1 Å². The van der Waals surface area contributed by atoms with Crippen molar-refractivity contribution in [2.24, 2.45) is 5.73 Å². The number of nitrogens with two attached hydrogens (primary N) is 1. The summed E-state index contributed by atoms with van der Waals surface area (Å²) in [5, 5.41) is 9.52. The lowest BCUT2D eigenvalue weighted by Crippen LogP contribution is -2.21. The second kappa shape index (κ2) is 8.14. The van der Waals surface area contributed by atoms with Crippen molar-refractivity contribution in [3.05, 3.63) is 100 Å². The van der Waals surface area contributed by atoms with E-state index in [1.807, 2.05) is 6.07 Å². The van der Waals surface area contributed by atoms with E-state index in [0.717, 1.165) is 42.5 Å². The van der Waals surface area contributed by atoms with Crippen molar-refractivity contribution in [3.63, 3.8) is 0 Å². The summed E-state index contributed by atoms with van der Waals surface area (Å²) in [5.41, 5.74) is 6.20. The molecule has 3 aromatic rings. The summed E-state index contributed by atoms with van der Waals surface area (Å²) in [6, 6.07) is 11.0. The topological polar surface area (TPSA) is 102 Å². The normalized spacial score (nSPS) is 15.4. The minimum atomic E-state index is -4.90. The molecule has 0 fully saturated rings. The summed E-state index contributed by atoms with van der Waals surface area (Å²) >= 11 is 0. The van der Waals surface area contributed by atoms with E-state index in [2.05, 4.69) is 0 Å². The summed E-state index contributed by atoms with van der Waals surface area (Å²) in [7, 11) is -4.90. The van der Waals surface area contributed by atoms with Crippen LogP contribution < -0.4 is 14.7 Å². The second-order valence-electron chi connectivity index (χ2n) is 6.89. The number of ether oxygens (including phenoxy) is 1. The third-order valence-electron chi connectivity index (χ3n) is 4.84. The van der Waals surface area contributed by atoms with Crippen molar-refractivity contribution in [3.8, 4) is 17.6 Å². The Morgan fingerprint density at radius 2 is 1.64 bits per heavy atom. The highest BCUT2D eigenvalue weighted by Gasteiger charge is 2.32. The second-order valence-corrected chi connectivity index (χ2v) is 8.37. The van der Waals surface area contributed by atoms with Gasteiger partial charge < -0.3 is 14.7 Å². The molecule has 3 aromatic carbocycles. The van der Waals surface area contributed by atoms with Gasteiger partial charge in [0.25, 0.3) is 0 Å². The lowest BCUT2D eigenvalue weighted by atomic mass is 9.83. The smallest absolute Gasteiger partial charge is 0.345 e. The van der Waals surface area contributed by atoms with Crippen LogP contribution in [0.15, 0.2) is 70.9 Å². The highest BCUT2D eigenvalue weighted by Crippen LogP contribution is 2.44. The minimum absolute atomic E-state index is 0.0528. The van der Waals surface area contributed by atoms with Crippen molar-refractivity contribution in [1.29, 1.82) is 5.26 Å². The van der Waals surface area contributed by atoms with Crippen LogP contribution in [0, 0.1) is 34.6 Å². The molecule has 1 heterocycles. The lowest BCUT2D eigenvalue weighted by Gasteiger charge is -2.26.